The van der Waals surface area contributed by atoms with E-state index in [-0.39, 0.29) is 26.6 Å². The molecule has 1 heterocycles. The van der Waals surface area contributed by atoms with Crippen LogP contribution in [0.5, 0.6) is 10.9 Å². The molecule has 1 aromatic heterocycles. The summed E-state index contributed by atoms with van der Waals surface area (Å²) in [6.07, 6.45) is 0.719. The van der Waals surface area contributed by atoms with Crippen LogP contribution in [0.2, 0.25) is 10.0 Å². The highest BCUT2D eigenvalue weighted by atomic mass is 35.5. The van der Waals surface area contributed by atoms with Crippen molar-refractivity contribution in [3.63, 3.8) is 0 Å². The number of carbonyl (C=O) groups excluding carboxylic acids is 1. The van der Waals surface area contributed by atoms with Crippen LogP contribution < -0.4 is 9.47 Å². The topological polar surface area (TPSA) is 61.3 Å². The summed E-state index contributed by atoms with van der Waals surface area (Å²) < 4.78 is 10.2. The van der Waals surface area contributed by atoms with Gasteiger partial charge >= 0.3 is 11.2 Å². The number of nitrogens with zero attached hydrogens (tertiary/aromatic N) is 2. The van der Waals surface area contributed by atoms with E-state index < -0.39 is 5.97 Å². The molecule has 0 unspecified atom stereocenters. The maximum atomic E-state index is 12.2. The van der Waals surface area contributed by atoms with Gasteiger partial charge in [0.15, 0.2) is 5.75 Å². The number of benzene rings is 1. The molecule has 0 aliphatic rings. The van der Waals surface area contributed by atoms with E-state index in [1.54, 1.807) is 6.07 Å². The molecular weight excluding hydrogens is 323 g/mol. The Balaban J connectivity index is 2.31. The summed E-state index contributed by atoms with van der Waals surface area (Å²) in [5, 5.41) is 9.03. The Morgan fingerprint density at radius 2 is 2.00 bits per heavy atom. The maximum absolute atomic E-state index is 12.2. The van der Waals surface area contributed by atoms with Crippen molar-refractivity contribution in [3.8, 4) is 10.9 Å². The van der Waals surface area contributed by atoms with E-state index in [1.165, 1.54) is 24.5 Å². The fourth-order valence-electron chi connectivity index (χ4n) is 1.48. The zero-order valence-corrected chi connectivity index (χ0v) is 13.0. The van der Waals surface area contributed by atoms with Crippen LogP contribution in [0.15, 0.2) is 12.1 Å². The van der Waals surface area contributed by atoms with E-state index in [0.29, 0.717) is 0 Å². The molecule has 0 saturated carbocycles. The minimum atomic E-state index is -0.687. The summed E-state index contributed by atoms with van der Waals surface area (Å²) in [4.78, 5) is 12.2. The summed E-state index contributed by atoms with van der Waals surface area (Å²) >= 11 is 13.2. The van der Waals surface area contributed by atoms with Crippen molar-refractivity contribution in [1.29, 1.82) is 0 Å². The smallest absolute Gasteiger partial charge is 0.350 e. The Kier molecular flexibility index (Phi) is 4.80. The maximum Gasteiger partial charge on any atom is 0.350 e. The molecule has 2 aromatic rings. The van der Waals surface area contributed by atoms with Crippen molar-refractivity contribution in [2.45, 2.75) is 13.3 Å². The first-order chi connectivity index (χ1) is 9.56. The number of methoxy groups -OCH3 is 1. The van der Waals surface area contributed by atoms with E-state index in [0.717, 1.165) is 11.4 Å². The Bertz CT molecular complexity index is 646. The molecular formula is C12H10Cl2N2O3S. The summed E-state index contributed by atoms with van der Waals surface area (Å²) in [5.74, 6) is -0.516. The van der Waals surface area contributed by atoms with Gasteiger partial charge in [-0.25, -0.2) is 4.79 Å². The summed E-state index contributed by atoms with van der Waals surface area (Å²) in [6.45, 7) is 1.93. The number of aromatic nitrogens is 2. The molecule has 0 fully saturated rings. The quantitative estimate of drug-likeness (QED) is 0.800. The van der Waals surface area contributed by atoms with Crippen LogP contribution in [-0.2, 0) is 6.42 Å². The summed E-state index contributed by atoms with van der Waals surface area (Å²) in [5.41, 5.74) is 0.0647. The number of esters is 1. The van der Waals surface area contributed by atoms with Gasteiger partial charge in [0.2, 0.25) is 0 Å². The summed E-state index contributed by atoms with van der Waals surface area (Å²) in [7, 11) is 1.40. The van der Waals surface area contributed by atoms with E-state index in [1.807, 2.05) is 6.92 Å². The molecule has 0 amide bonds. The third-order valence-electron chi connectivity index (χ3n) is 2.40. The molecule has 5 nitrogen and oxygen atoms in total. The first-order valence-corrected chi connectivity index (χ1v) is 7.20. The number of ether oxygens (including phenoxy) is 2. The van der Waals surface area contributed by atoms with Crippen molar-refractivity contribution in [2.75, 3.05) is 7.11 Å². The lowest BCUT2D eigenvalue weighted by atomic mass is 10.2. The molecule has 0 saturated heterocycles. The van der Waals surface area contributed by atoms with Crippen molar-refractivity contribution in [2.24, 2.45) is 0 Å². The summed E-state index contributed by atoms with van der Waals surface area (Å²) in [6, 6.07) is 3.04. The molecule has 8 heteroatoms. The standard InChI is InChI=1S/C12H10Cl2N2O3S/c1-3-8-15-16-12(20-8)19-11(17)9-6(13)4-5-7(14)10(9)18-2/h4-5H,3H2,1-2H3. The monoisotopic (exact) mass is 332 g/mol. The SMILES string of the molecule is CCc1nnc(OC(=O)c2c(Cl)ccc(Cl)c2OC)s1. The van der Waals surface area contributed by atoms with Gasteiger partial charge in [0, 0.05) is 0 Å². The second-order valence-electron chi connectivity index (χ2n) is 3.64. The zero-order chi connectivity index (χ0) is 14.7. The first kappa shape index (κ1) is 15.0. The molecule has 0 atom stereocenters. The van der Waals surface area contributed by atoms with Crippen LogP contribution in [0.1, 0.15) is 22.3 Å². The highest BCUT2D eigenvalue weighted by Gasteiger charge is 2.22. The number of aryl methyl sites for hydroxylation is 1. The number of rotatable bonds is 4. The fourth-order valence-corrected chi connectivity index (χ4v) is 2.56. The van der Waals surface area contributed by atoms with Crippen molar-refractivity contribution < 1.29 is 14.3 Å². The van der Waals surface area contributed by atoms with Gasteiger partial charge in [0.25, 0.3) is 0 Å². The van der Waals surface area contributed by atoms with Gasteiger partial charge in [-0.2, -0.15) is 0 Å². The van der Waals surface area contributed by atoms with Crippen LogP contribution >= 0.6 is 34.5 Å². The van der Waals surface area contributed by atoms with Crippen LogP contribution in [0.3, 0.4) is 0 Å². The lowest BCUT2D eigenvalue weighted by Gasteiger charge is -2.10. The molecule has 1 aromatic carbocycles. The Morgan fingerprint density at radius 3 is 2.60 bits per heavy atom. The Morgan fingerprint density at radius 1 is 1.30 bits per heavy atom. The van der Waals surface area contributed by atoms with Gasteiger partial charge < -0.3 is 9.47 Å². The van der Waals surface area contributed by atoms with Crippen molar-refractivity contribution in [3.05, 3.63) is 32.7 Å². The average Bonchev–Trinajstić information content (AvgIpc) is 2.88. The Labute approximate surface area is 129 Å². The molecule has 0 N–H and O–H groups in total. The van der Waals surface area contributed by atoms with Crippen molar-refractivity contribution >= 4 is 40.5 Å². The van der Waals surface area contributed by atoms with Crippen LogP contribution in [0.25, 0.3) is 0 Å². The van der Waals surface area contributed by atoms with E-state index in [2.05, 4.69) is 10.2 Å². The predicted molar refractivity (Wildman–Crippen MR) is 77.3 cm³/mol. The second kappa shape index (κ2) is 6.39. The second-order valence-corrected chi connectivity index (χ2v) is 5.48. The number of halogens is 2. The lowest BCUT2D eigenvalue weighted by Crippen LogP contribution is -2.11. The molecule has 106 valence electrons. The fraction of sp³-hybridized carbons (Fsp3) is 0.250. The normalized spacial score (nSPS) is 10.4. The van der Waals surface area contributed by atoms with Gasteiger partial charge in [-0.1, -0.05) is 46.6 Å². The van der Waals surface area contributed by atoms with Crippen LogP contribution in [-0.4, -0.2) is 23.3 Å². The first-order valence-electron chi connectivity index (χ1n) is 5.63. The van der Waals surface area contributed by atoms with Gasteiger partial charge in [0.05, 0.1) is 17.2 Å². The minimum Gasteiger partial charge on any atom is -0.494 e. The molecule has 0 aliphatic heterocycles. The third-order valence-corrected chi connectivity index (χ3v) is 3.96. The highest BCUT2D eigenvalue weighted by molar-refractivity contribution is 7.13. The minimum absolute atomic E-state index is 0.0647. The van der Waals surface area contributed by atoms with Gasteiger partial charge in [-0.3, -0.25) is 0 Å². The van der Waals surface area contributed by atoms with Gasteiger partial charge in [-0.15, -0.1) is 5.10 Å². The van der Waals surface area contributed by atoms with Crippen molar-refractivity contribution in [1.82, 2.24) is 10.2 Å². The molecule has 2 rings (SSSR count). The number of hydrogen-bond donors (Lipinski definition) is 0. The largest absolute Gasteiger partial charge is 0.494 e. The highest BCUT2D eigenvalue weighted by Crippen LogP contribution is 2.34. The predicted octanol–water partition coefficient (Wildman–Crippen LogP) is 3.64. The van der Waals surface area contributed by atoms with Gasteiger partial charge in [0.1, 0.15) is 10.6 Å². The number of hydrogen-bond acceptors (Lipinski definition) is 6. The third kappa shape index (κ3) is 3.03. The molecule has 20 heavy (non-hydrogen) atoms. The lowest BCUT2D eigenvalue weighted by molar-refractivity contribution is 0.0730. The van der Waals surface area contributed by atoms with Gasteiger partial charge in [-0.05, 0) is 18.6 Å². The van der Waals surface area contributed by atoms with E-state index in [9.17, 15) is 4.79 Å². The number of carbonyl (C=O) groups is 1. The van der Waals surface area contributed by atoms with Crippen LogP contribution in [0, 0.1) is 0 Å². The van der Waals surface area contributed by atoms with Crippen LogP contribution in [0.4, 0.5) is 0 Å². The molecule has 0 aliphatic carbocycles. The zero-order valence-electron chi connectivity index (χ0n) is 10.6. The van der Waals surface area contributed by atoms with E-state index >= 15 is 0 Å². The molecule has 0 spiro atoms. The molecule has 0 bridgehead atoms. The Hall–Kier alpha value is -1.37. The van der Waals surface area contributed by atoms with E-state index in [4.69, 9.17) is 32.7 Å². The average molecular weight is 333 g/mol. The molecule has 0 radical (unpaired) electrons.